The smallest absolute Gasteiger partial charge is 0.330 e. The Morgan fingerprint density at radius 3 is 1.70 bits per heavy atom. The molecule has 8 heteroatoms. The first-order valence-electron chi connectivity index (χ1n) is 6.17. The molecule has 0 fully saturated rings. The van der Waals surface area contributed by atoms with Crippen LogP contribution < -0.4 is 0 Å². The maximum atomic E-state index is 11.9. The Kier molecular flexibility index (Phi) is 10.6. The molecule has 0 aromatic rings. The standard InChI is InChI=1S/C12H20O4S4/c1-6-14-9(13)10(19-11(17)15-7(2)3)20-12(18)16-8(4)5/h7-8,10H,6H2,1-5H3. The number of hydrogen-bond acceptors (Lipinski definition) is 8. The molecule has 0 unspecified atom stereocenters. The fourth-order valence-corrected chi connectivity index (χ4v) is 4.16. The van der Waals surface area contributed by atoms with Crippen LogP contribution in [0.5, 0.6) is 0 Å². The van der Waals surface area contributed by atoms with Crippen molar-refractivity contribution in [2.24, 2.45) is 0 Å². The van der Waals surface area contributed by atoms with E-state index < -0.39 is 10.6 Å². The van der Waals surface area contributed by atoms with Gasteiger partial charge in [-0.3, -0.25) is 0 Å². The third-order valence-corrected chi connectivity index (χ3v) is 4.29. The topological polar surface area (TPSA) is 44.8 Å². The molecule has 4 nitrogen and oxygen atoms in total. The van der Waals surface area contributed by atoms with Crippen LogP contribution in [0.2, 0.25) is 0 Å². The summed E-state index contributed by atoms with van der Waals surface area (Å²) in [5.41, 5.74) is 0. The zero-order chi connectivity index (χ0) is 15.7. The van der Waals surface area contributed by atoms with Gasteiger partial charge in [-0.05, 0) is 82.6 Å². The average Bonchev–Trinajstić information content (AvgIpc) is 2.25. The van der Waals surface area contributed by atoms with Crippen LogP contribution >= 0.6 is 48.0 Å². The molecule has 0 amide bonds. The Labute approximate surface area is 139 Å². The van der Waals surface area contributed by atoms with Crippen molar-refractivity contribution in [1.29, 1.82) is 0 Å². The first-order valence-corrected chi connectivity index (χ1v) is 8.75. The fraction of sp³-hybridized carbons (Fsp3) is 0.750. The van der Waals surface area contributed by atoms with Crippen molar-refractivity contribution in [1.82, 2.24) is 0 Å². The van der Waals surface area contributed by atoms with Crippen LogP contribution in [0.1, 0.15) is 34.6 Å². The summed E-state index contributed by atoms with van der Waals surface area (Å²) in [5.74, 6) is -0.396. The highest BCUT2D eigenvalue weighted by Gasteiger charge is 2.27. The Balaban J connectivity index is 4.60. The second kappa shape index (κ2) is 10.6. The number of thioether (sulfide) groups is 2. The third kappa shape index (κ3) is 9.79. The van der Waals surface area contributed by atoms with Crippen LogP contribution in [0.3, 0.4) is 0 Å². The van der Waals surface area contributed by atoms with Crippen LogP contribution in [0, 0.1) is 0 Å². The van der Waals surface area contributed by atoms with Gasteiger partial charge in [-0.15, -0.1) is 0 Å². The highest BCUT2D eigenvalue weighted by molar-refractivity contribution is 8.36. The van der Waals surface area contributed by atoms with Gasteiger partial charge in [-0.2, -0.15) is 0 Å². The van der Waals surface area contributed by atoms with Crippen molar-refractivity contribution >= 4 is 62.7 Å². The molecule has 0 rings (SSSR count). The predicted molar refractivity (Wildman–Crippen MR) is 93.2 cm³/mol. The van der Waals surface area contributed by atoms with E-state index in [0.717, 1.165) is 23.5 Å². The van der Waals surface area contributed by atoms with Gasteiger partial charge in [0.2, 0.25) is 8.77 Å². The second-order valence-corrected chi connectivity index (χ2v) is 7.87. The van der Waals surface area contributed by atoms with E-state index in [1.807, 2.05) is 27.7 Å². The first-order chi connectivity index (χ1) is 9.26. The molecule has 0 aromatic carbocycles. The highest BCUT2D eigenvalue weighted by atomic mass is 32.2. The van der Waals surface area contributed by atoms with Crippen molar-refractivity contribution < 1.29 is 19.0 Å². The summed E-state index contributed by atoms with van der Waals surface area (Å²) in [6.45, 7) is 9.51. The van der Waals surface area contributed by atoms with E-state index in [-0.39, 0.29) is 21.0 Å². The lowest BCUT2D eigenvalue weighted by atomic mass is 10.5. The molecule has 0 aliphatic carbocycles. The summed E-state index contributed by atoms with van der Waals surface area (Å²) < 4.78 is 15.7. The number of hydrogen-bond donors (Lipinski definition) is 0. The summed E-state index contributed by atoms with van der Waals surface area (Å²) in [6.07, 6.45) is -0.0802. The summed E-state index contributed by atoms with van der Waals surface area (Å²) in [6, 6.07) is 0. The molecule has 0 aromatic heterocycles. The molecule has 0 radical (unpaired) electrons. The van der Waals surface area contributed by atoms with Gasteiger partial charge in [0.1, 0.15) is 0 Å². The number of carbonyl (C=O) groups excluding carboxylic acids is 1. The molecule has 0 spiro atoms. The van der Waals surface area contributed by atoms with Gasteiger partial charge in [0, 0.05) is 0 Å². The van der Waals surface area contributed by atoms with Gasteiger partial charge >= 0.3 is 5.97 Å². The van der Waals surface area contributed by atoms with Gasteiger partial charge in [0.05, 0.1) is 18.8 Å². The minimum Gasteiger partial charge on any atom is -0.476 e. The van der Waals surface area contributed by atoms with Gasteiger partial charge < -0.3 is 14.2 Å². The largest absolute Gasteiger partial charge is 0.476 e. The molecule has 0 heterocycles. The summed E-state index contributed by atoms with van der Waals surface area (Å²) in [7, 11) is 0. The number of carbonyl (C=O) groups is 1. The Morgan fingerprint density at radius 2 is 1.40 bits per heavy atom. The molecular formula is C12H20O4S4. The van der Waals surface area contributed by atoms with Gasteiger partial charge in [0.25, 0.3) is 0 Å². The van der Waals surface area contributed by atoms with Crippen LogP contribution in [0.25, 0.3) is 0 Å². The number of ether oxygens (including phenoxy) is 3. The summed E-state index contributed by atoms with van der Waals surface area (Å²) >= 11 is 12.4. The molecule has 0 saturated carbocycles. The van der Waals surface area contributed by atoms with Crippen LogP contribution in [-0.2, 0) is 19.0 Å². The lowest BCUT2D eigenvalue weighted by molar-refractivity contribution is -0.140. The van der Waals surface area contributed by atoms with Crippen molar-refractivity contribution in [2.45, 2.75) is 51.4 Å². The van der Waals surface area contributed by atoms with Crippen molar-refractivity contribution in [3.05, 3.63) is 0 Å². The molecule has 0 bridgehead atoms. The maximum absolute atomic E-state index is 11.9. The predicted octanol–water partition coefficient (Wildman–Crippen LogP) is 3.76. The highest BCUT2D eigenvalue weighted by Crippen LogP contribution is 2.29. The fourth-order valence-electron chi connectivity index (χ4n) is 0.946. The van der Waals surface area contributed by atoms with E-state index in [2.05, 4.69) is 0 Å². The van der Waals surface area contributed by atoms with E-state index >= 15 is 0 Å². The molecule has 116 valence electrons. The molecule has 0 aliphatic rings. The monoisotopic (exact) mass is 356 g/mol. The van der Waals surface area contributed by atoms with Crippen LogP contribution in [-0.4, -0.2) is 38.1 Å². The van der Waals surface area contributed by atoms with E-state index in [4.69, 9.17) is 38.6 Å². The maximum Gasteiger partial charge on any atom is 0.330 e. The zero-order valence-electron chi connectivity index (χ0n) is 12.2. The van der Waals surface area contributed by atoms with Crippen LogP contribution in [0.15, 0.2) is 0 Å². The first kappa shape index (κ1) is 19.9. The number of thiocarbonyl (C=S) groups is 2. The van der Waals surface area contributed by atoms with Gasteiger partial charge in [-0.1, -0.05) is 0 Å². The lowest BCUT2D eigenvalue weighted by Crippen LogP contribution is -2.22. The lowest BCUT2D eigenvalue weighted by Gasteiger charge is -2.18. The van der Waals surface area contributed by atoms with Gasteiger partial charge in [-0.25, -0.2) is 4.79 Å². The molecule has 0 N–H and O–H groups in total. The minimum absolute atomic E-state index is 0.0401. The van der Waals surface area contributed by atoms with Crippen molar-refractivity contribution in [2.75, 3.05) is 6.61 Å². The average molecular weight is 357 g/mol. The minimum atomic E-state index is -0.618. The Bertz CT molecular complexity index is 320. The summed E-state index contributed by atoms with van der Waals surface area (Å²) in [4.78, 5) is 11.9. The molecule has 0 aliphatic heterocycles. The molecule has 20 heavy (non-hydrogen) atoms. The Hall–Kier alpha value is -0.0500. The van der Waals surface area contributed by atoms with Crippen LogP contribution in [0.4, 0.5) is 0 Å². The number of rotatable bonds is 6. The van der Waals surface area contributed by atoms with Crippen molar-refractivity contribution in [3.8, 4) is 0 Å². The zero-order valence-corrected chi connectivity index (χ0v) is 15.5. The Morgan fingerprint density at radius 1 is 1.00 bits per heavy atom. The van der Waals surface area contributed by atoms with Crippen molar-refractivity contribution in [3.63, 3.8) is 0 Å². The normalized spacial score (nSPS) is 10.8. The van der Waals surface area contributed by atoms with Gasteiger partial charge in [0.15, 0.2) is 4.58 Å². The molecule has 0 saturated heterocycles. The van der Waals surface area contributed by atoms with E-state index in [1.54, 1.807) is 6.92 Å². The van der Waals surface area contributed by atoms with E-state index in [0.29, 0.717) is 6.61 Å². The number of esters is 1. The SMILES string of the molecule is CCOC(=O)C(SC(=S)OC(C)C)SC(=S)OC(C)C. The quantitative estimate of drug-likeness (QED) is 0.405. The van der Waals surface area contributed by atoms with E-state index in [9.17, 15) is 4.79 Å². The molecule has 0 atom stereocenters. The third-order valence-electron chi connectivity index (χ3n) is 1.55. The van der Waals surface area contributed by atoms with E-state index in [1.165, 1.54) is 0 Å². The molecular weight excluding hydrogens is 336 g/mol. The summed E-state index contributed by atoms with van der Waals surface area (Å²) in [5, 5.41) is 0. The second-order valence-electron chi connectivity index (χ2n) is 4.15.